The van der Waals surface area contributed by atoms with E-state index in [-0.39, 0.29) is 0 Å². The maximum absolute atomic E-state index is 10.9. The van der Waals surface area contributed by atoms with Crippen molar-refractivity contribution in [3.8, 4) is 0 Å². The van der Waals surface area contributed by atoms with Gasteiger partial charge in [0.15, 0.2) is 0 Å². The maximum atomic E-state index is 10.9. The topological polar surface area (TPSA) is 79.3 Å². The van der Waals surface area contributed by atoms with Gasteiger partial charge in [0.25, 0.3) is 0 Å². The summed E-state index contributed by atoms with van der Waals surface area (Å²) in [5.74, 6) is 1.09. The Labute approximate surface area is 121 Å². The quantitative estimate of drug-likeness (QED) is 0.652. The first-order valence-corrected chi connectivity index (χ1v) is 8.46. The van der Waals surface area contributed by atoms with Crippen LogP contribution in [0.15, 0.2) is 0 Å². The van der Waals surface area contributed by atoms with Crippen LogP contribution in [0.2, 0.25) is 0 Å². The summed E-state index contributed by atoms with van der Waals surface area (Å²) in [6, 6.07) is 0. The van der Waals surface area contributed by atoms with Crippen molar-refractivity contribution < 1.29 is 8.42 Å². The summed E-state index contributed by atoms with van der Waals surface area (Å²) < 4.78 is 26.2. The first-order chi connectivity index (χ1) is 9.22. The first kappa shape index (κ1) is 16.9. The second-order valence-corrected chi connectivity index (χ2v) is 6.94. The zero-order valence-electron chi connectivity index (χ0n) is 12.9. The molecule has 1 aromatic heterocycles. The predicted octanol–water partition coefficient (Wildman–Crippen LogP) is -0.177. The van der Waals surface area contributed by atoms with Crippen LogP contribution >= 0.6 is 0 Å². The van der Waals surface area contributed by atoms with Crippen LogP contribution < -0.4 is 14.9 Å². The summed E-state index contributed by atoms with van der Waals surface area (Å²) in [4.78, 5) is 2.04. The Morgan fingerprint density at radius 3 is 2.50 bits per heavy atom. The number of sulfonamides is 1. The van der Waals surface area contributed by atoms with Gasteiger partial charge in [-0.3, -0.25) is 4.68 Å². The third kappa shape index (κ3) is 5.10. The number of rotatable bonds is 8. The summed E-state index contributed by atoms with van der Waals surface area (Å²) in [7, 11) is 2.84. The zero-order valence-corrected chi connectivity index (χ0v) is 13.7. The number of hydrogen-bond acceptors (Lipinski definition) is 5. The number of hydrogen-bond donors (Lipinski definition) is 2. The van der Waals surface area contributed by atoms with Gasteiger partial charge in [0, 0.05) is 39.8 Å². The summed E-state index contributed by atoms with van der Waals surface area (Å²) in [6.07, 6.45) is 1.92. The number of aryl methyl sites for hydroxylation is 2. The van der Waals surface area contributed by atoms with E-state index in [2.05, 4.69) is 15.1 Å². The fourth-order valence-corrected chi connectivity index (χ4v) is 2.66. The molecule has 0 aliphatic heterocycles. The molecule has 8 heteroatoms. The van der Waals surface area contributed by atoms with Crippen LogP contribution in [0.4, 0.5) is 5.82 Å². The second-order valence-electron chi connectivity index (χ2n) is 5.10. The van der Waals surface area contributed by atoms with Crippen molar-refractivity contribution in [2.75, 3.05) is 38.3 Å². The minimum Gasteiger partial charge on any atom is -0.363 e. The molecule has 0 radical (unpaired) electrons. The summed E-state index contributed by atoms with van der Waals surface area (Å²) in [5.41, 5.74) is 2.19. The lowest BCUT2D eigenvalue weighted by molar-refractivity contribution is 0.579. The second kappa shape index (κ2) is 7.05. The molecule has 0 saturated carbocycles. The molecule has 0 unspecified atom stereocenters. The molecule has 7 nitrogen and oxygen atoms in total. The lowest BCUT2D eigenvalue weighted by atomic mass is 10.2. The Morgan fingerprint density at radius 1 is 1.30 bits per heavy atom. The molecule has 1 heterocycles. The van der Waals surface area contributed by atoms with Crippen LogP contribution in [0, 0.1) is 6.92 Å². The number of nitrogens with one attached hydrogen (secondary N) is 2. The van der Waals surface area contributed by atoms with Crippen molar-refractivity contribution in [3.05, 3.63) is 11.3 Å². The van der Waals surface area contributed by atoms with Crippen LogP contribution in [-0.2, 0) is 23.6 Å². The van der Waals surface area contributed by atoms with Crippen LogP contribution in [0.1, 0.15) is 17.7 Å². The molecule has 1 aromatic rings. The van der Waals surface area contributed by atoms with Crippen LogP contribution in [0.3, 0.4) is 0 Å². The minimum atomic E-state index is -3.08. The molecule has 0 bridgehead atoms. The average Bonchev–Trinajstić information content (AvgIpc) is 2.57. The molecule has 0 amide bonds. The largest absolute Gasteiger partial charge is 0.363 e. The zero-order chi connectivity index (χ0) is 15.3. The number of nitrogens with zero attached hydrogens (tertiary/aromatic N) is 3. The fraction of sp³-hybridized carbons (Fsp3) is 0.750. The van der Waals surface area contributed by atoms with Gasteiger partial charge >= 0.3 is 0 Å². The Morgan fingerprint density at radius 2 is 1.95 bits per heavy atom. The molecular weight excluding hydrogens is 278 g/mol. The highest BCUT2D eigenvalue weighted by Gasteiger charge is 2.14. The highest BCUT2D eigenvalue weighted by atomic mass is 32.2. The average molecular weight is 303 g/mol. The van der Waals surface area contributed by atoms with Gasteiger partial charge in [-0.2, -0.15) is 5.10 Å². The summed E-state index contributed by atoms with van der Waals surface area (Å²) >= 11 is 0. The third-order valence-electron chi connectivity index (χ3n) is 2.93. The molecule has 0 spiro atoms. The van der Waals surface area contributed by atoms with E-state index in [9.17, 15) is 8.42 Å². The SMILES string of the molecule is Cc1nn(C)c(N(C)C)c1CNCCCNS(C)(=O)=O. The molecular formula is C12H25N5O2S. The molecule has 116 valence electrons. The van der Waals surface area contributed by atoms with Gasteiger partial charge in [-0.1, -0.05) is 0 Å². The molecule has 0 aromatic carbocycles. The third-order valence-corrected chi connectivity index (χ3v) is 3.66. The molecule has 20 heavy (non-hydrogen) atoms. The van der Waals surface area contributed by atoms with Crippen LogP contribution in [0.5, 0.6) is 0 Å². The molecule has 1 rings (SSSR count). The van der Waals surface area contributed by atoms with E-state index in [1.54, 1.807) is 0 Å². The predicted molar refractivity (Wildman–Crippen MR) is 81.4 cm³/mol. The van der Waals surface area contributed by atoms with Gasteiger partial charge in [-0.15, -0.1) is 0 Å². The van der Waals surface area contributed by atoms with E-state index in [1.807, 2.05) is 37.6 Å². The van der Waals surface area contributed by atoms with Crippen molar-refractivity contribution in [1.82, 2.24) is 19.8 Å². The van der Waals surface area contributed by atoms with Crippen molar-refractivity contribution >= 4 is 15.8 Å². The fourth-order valence-electron chi connectivity index (χ4n) is 2.14. The van der Waals surface area contributed by atoms with Crippen molar-refractivity contribution in [2.45, 2.75) is 19.9 Å². The lowest BCUT2D eigenvalue weighted by Gasteiger charge is -2.15. The van der Waals surface area contributed by atoms with Crippen LogP contribution in [0.25, 0.3) is 0 Å². The Bertz CT molecular complexity index is 536. The highest BCUT2D eigenvalue weighted by Crippen LogP contribution is 2.20. The number of anilines is 1. The van der Waals surface area contributed by atoms with Crippen molar-refractivity contribution in [2.24, 2.45) is 7.05 Å². The van der Waals surface area contributed by atoms with Gasteiger partial charge in [0.05, 0.1) is 11.9 Å². The normalized spacial score (nSPS) is 11.8. The molecule has 0 fully saturated rings. The van der Waals surface area contributed by atoms with E-state index in [4.69, 9.17) is 0 Å². The van der Waals surface area contributed by atoms with Gasteiger partial charge in [-0.05, 0) is 19.9 Å². The van der Waals surface area contributed by atoms with E-state index in [0.29, 0.717) is 6.54 Å². The minimum absolute atomic E-state index is 0.457. The van der Waals surface area contributed by atoms with Gasteiger partial charge < -0.3 is 10.2 Å². The molecule has 0 saturated heterocycles. The van der Waals surface area contributed by atoms with Crippen LogP contribution in [-0.4, -0.2) is 51.6 Å². The lowest BCUT2D eigenvalue weighted by Crippen LogP contribution is -2.26. The van der Waals surface area contributed by atoms with E-state index in [1.165, 1.54) is 11.8 Å². The Kier molecular flexibility index (Phi) is 5.97. The first-order valence-electron chi connectivity index (χ1n) is 6.57. The monoisotopic (exact) mass is 303 g/mol. The van der Waals surface area contributed by atoms with Gasteiger partial charge in [-0.25, -0.2) is 13.1 Å². The molecule has 0 atom stereocenters. The molecule has 2 N–H and O–H groups in total. The van der Waals surface area contributed by atoms with Gasteiger partial charge in [0.1, 0.15) is 5.82 Å². The highest BCUT2D eigenvalue weighted by molar-refractivity contribution is 7.88. The Hall–Kier alpha value is -1.12. The van der Waals surface area contributed by atoms with Gasteiger partial charge in [0.2, 0.25) is 10.0 Å². The van der Waals surface area contributed by atoms with E-state index < -0.39 is 10.0 Å². The van der Waals surface area contributed by atoms with Crippen molar-refractivity contribution in [1.29, 1.82) is 0 Å². The number of aromatic nitrogens is 2. The summed E-state index contributed by atoms with van der Waals surface area (Å²) in [6.45, 7) is 3.93. The summed E-state index contributed by atoms with van der Waals surface area (Å²) in [5, 5.41) is 7.75. The standard InChI is InChI=1S/C12H25N5O2S/c1-10-11(12(16(2)3)17(4)15-10)9-13-7-6-8-14-20(5,18)19/h13-14H,6-9H2,1-5H3. The van der Waals surface area contributed by atoms with E-state index in [0.717, 1.165) is 31.0 Å². The van der Waals surface area contributed by atoms with Crippen molar-refractivity contribution in [3.63, 3.8) is 0 Å². The van der Waals surface area contributed by atoms with E-state index >= 15 is 0 Å². The Balaban J connectivity index is 2.43. The molecule has 0 aliphatic carbocycles. The smallest absolute Gasteiger partial charge is 0.208 e. The maximum Gasteiger partial charge on any atom is 0.208 e. The molecule has 0 aliphatic rings.